The van der Waals surface area contributed by atoms with Crippen molar-refractivity contribution in [2.24, 2.45) is 5.92 Å². The Labute approximate surface area is 119 Å². The first kappa shape index (κ1) is 16.5. The molecule has 6 nitrogen and oxygen atoms in total. The Balaban J connectivity index is 3.40. The second-order valence-corrected chi connectivity index (χ2v) is 7.03. The van der Waals surface area contributed by atoms with Crippen LogP contribution in [0.5, 0.6) is 0 Å². The van der Waals surface area contributed by atoms with Gasteiger partial charge < -0.3 is 10.8 Å². The van der Waals surface area contributed by atoms with E-state index in [9.17, 15) is 13.2 Å². The number of hydrogen-bond donors (Lipinski definition) is 2. The molecular formula is C13H20N2O4S. The van der Waals surface area contributed by atoms with E-state index in [0.717, 1.165) is 6.07 Å². The molecule has 0 aliphatic rings. The molecule has 1 aromatic rings. The monoisotopic (exact) mass is 300 g/mol. The first-order valence-corrected chi connectivity index (χ1v) is 7.64. The highest BCUT2D eigenvalue weighted by Gasteiger charge is 2.30. The smallest absolute Gasteiger partial charge is 0.337 e. The molecule has 0 spiro atoms. The van der Waals surface area contributed by atoms with E-state index in [0.29, 0.717) is 0 Å². The van der Waals surface area contributed by atoms with Crippen LogP contribution in [-0.4, -0.2) is 36.9 Å². The normalized spacial score (nSPS) is 13.7. The SMILES string of the molecule is CC(C)C(C)N(C)S(=O)(=O)c1ccc(N)cc1C(=O)O. The maximum atomic E-state index is 12.5. The zero-order valence-electron chi connectivity index (χ0n) is 12.0. The van der Waals surface area contributed by atoms with Crippen LogP contribution >= 0.6 is 0 Å². The van der Waals surface area contributed by atoms with E-state index < -0.39 is 16.0 Å². The van der Waals surface area contributed by atoms with Gasteiger partial charge in [0, 0.05) is 18.8 Å². The lowest BCUT2D eigenvalue weighted by Gasteiger charge is -2.27. The summed E-state index contributed by atoms with van der Waals surface area (Å²) in [5.74, 6) is -1.21. The van der Waals surface area contributed by atoms with Crippen molar-refractivity contribution in [3.8, 4) is 0 Å². The number of carboxylic acids is 1. The van der Waals surface area contributed by atoms with Crippen LogP contribution in [-0.2, 0) is 10.0 Å². The second kappa shape index (κ2) is 5.80. The van der Waals surface area contributed by atoms with Crippen LogP contribution in [0.4, 0.5) is 5.69 Å². The zero-order chi connectivity index (χ0) is 15.7. The van der Waals surface area contributed by atoms with E-state index in [2.05, 4.69) is 0 Å². The summed E-state index contributed by atoms with van der Waals surface area (Å²) < 4.78 is 26.3. The maximum absolute atomic E-state index is 12.5. The summed E-state index contributed by atoms with van der Waals surface area (Å²) in [7, 11) is -2.43. The first-order chi connectivity index (χ1) is 9.09. The summed E-state index contributed by atoms with van der Waals surface area (Å²) in [5.41, 5.74) is 5.42. The third-order valence-corrected chi connectivity index (χ3v) is 5.43. The van der Waals surface area contributed by atoms with Crippen molar-refractivity contribution in [2.45, 2.75) is 31.7 Å². The number of hydrogen-bond acceptors (Lipinski definition) is 4. The van der Waals surface area contributed by atoms with Gasteiger partial charge in [-0.15, -0.1) is 0 Å². The van der Waals surface area contributed by atoms with Gasteiger partial charge in [-0.05, 0) is 31.0 Å². The van der Waals surface area contributed by atoms with Crippen molar-refractivity contribution in [2.75, 3.05) is 12.8 Å². The highest BCUT2D eigenvalue weighted by Crippen LogP contribution is 2.24. The zero-order valence-corrected chi connectivity index (χ0v) is 12.8. The Hall–Kier alpha value is -1.60. The predicted molar refractivity (Wildman–Crippen MR) is 77.1 cm³/mol. The highest BCUT2D eigenvalue weighted by atomic mass is 32.2. The Morgan fingerprint density at radius 2 is 1.85 bits per heavy atom. The van der Waals surface area contributed by atoms with Gasteiger partial charge in [-0.3, -0.25) is 0 Å². The molecule has 0 bridgehead atoms. The van der Waals surface area contributed by atoms with Gasteiger partial charge in [0.1, 0.15) is 0 Å². The average Bonchev–Trinajstić information content (AvgIpc) is 2.36. The van der Waals surface area contributed by atoms with Gasteiger partial charge in [0.15, 0.2) is 0 Å². The molecule has 1 atom stereocenters. The Bertz CT molecular complexity index is 611. The third kappa shape index (κ3) is 3.10. The van der Waals surface area contributed by atoms with Crippen molar-refractivity contribution < 1.29 is 18.3 Å². The first-order valence-electron chi connectivity index (χ1n) is 6.20. The summed E-state index contributed by atoms with van der Waals surface area (Å²) in [6.07, 6.45) is 0. The highest BCUT2D eigenvalue weighted by molar-refractivity contribution is 7.89. The van der Waals surface area contributed by atoms with Crippen LogP contribution in [0.25, 0.3) is 0 Å². The van der Waals surface area contributed by atoms with E-state index in [1.165, 1.54) is 23.5 Å². The summed E-state index contributed by atoms with van der Waals surface area (Å²) in [6, 6.07) is 3.52. The van der Waals surface area contributed by atoms with Gasteiger partial charge >= 0.3 is 5.97 Å². The van der Waals surface area contributed by atoms with Crippen molar-refractivity contribution in [3.05, 3.63) is 23.8 Å². The molecule has 7 heteroatoms. The number of carbonyl (C=O) groups is 1. The molecule has 1 rings (SSSR count). The van der Waals surface area contributed by atoms with Gasteiger partial charge in [-0.1, -0.05) is 13.8 Å². The van der Waals surface area contributed by atoms with Crippen molar-refractivity contribution >= 4 is 21.7 Å². The van der Waals surface area contributed by atoms with E-state index in [-0.39, 0.29) is 28.1 Å². The summed E-state index contributed by atoms with van der Waals surface area (Å²) in [6.45, 7) is 5.58. The fraction of sp³-hybridized carbons (Fsp3) is 0.462. The van der Waals surface area contributed by atoms with Crippen LogP contribution in [0, 0.1) is 5.92 Å². The molecule has 0 heterocycles. The summed E-state index contributed by atoms with van der Waals surface area (Å²) in [5, 5.41) is 9.14. The number of carboxylic acid groups (broad SMARTS) is 1. The minimum atomic E-state index is -3.88. The third-order valence-electron chi connectivity index (χ3n) is 3.43. The molecule has 1 unspecified atom stereocenters. The lowest BCUT2D eigenvalue weighted by molar-refractivity contribution is 0.0692. The lowest BCUT2D eigenvalue weighted by Crippen LogP contribution is -2.38. The number of anilines is 1. The van der Waals surface area contributed by atoms with Gasteiger partial charge in [0.25, 0.3) is 0 Å². The molecule has 0 aliphatic heterocycles. The molecule has 1 aromatic carbocycles. The van der Waals surface area contributed by atoms with Gasteiger partial charge in [0.2, 0.25) is 10.0 Å². The van der Waals surface area contributed by atoms with E-state index in [1.54, 1.807) is 6.92 Å². The van der Waals surface area contributed by atoms with Crippen molar-refractivity contribution in [1.29, 1.82) is 0 Å². The molecule has 0 radical (unpaired) electrons. The maximum Gasteiger partial charge on any atom is 0.337 e. The molecule has 0 aliphatic carbocycles. The minimum Gasteiger partial charge on any atom is -0.478 e. The van der Waals surface area contributed by atoms with E-state index in [4.69, 9.17) is 10.8 Å². The van der Waals surface area contributed by atoms with Gasteiger partial charge in [-0.2, -0.15) is 4.31 Å². The molecule has 3 N–H and O–H groups in total. The molecule has 20 heavy (non-hydrogen) atoms. The van der Waals surface area contributed by atoms with Crippen LogP contribution in [0.15, 0.2) is 23.1 Å². The number of rotatable bonds is 5. The average molecular weight is 300 g/mol. The molecular weight excluding hydrogens is 280 g/mol. The topological polar surface area (TPSA) is 101 Å². The fourth-order valence-electron chi connectivity index (χ4n) is 1.73. The van der Waals surface area contributed by atoms with E-state index >= 15 is 0 Å². The number of nitrogens with zero attached hydrogens (tertiary/aromatic N) is 1. The standard InChI is InChI=1S/C13H20N2O4S/c1-8(2)9(3)15(4)20(18,19)12-6-5-10(14)7-11(12)13(16)17/h5-9H,14H2,1-4H3,(H,16,17). The molecule has 0 aromatic heterocycles. The quantitative estimate of drug-likeness (QED) is 0.805. The van der Waals surface area contributed by atoms with E-state index in [1.807, 2.05) is 13.8 Å². The molecule has 0 saturated heterocycles. The van der Waals surface area contributed by atoms with Crippen LogP contribution in [0.3, 0.4) is 0 Å². The molecule has 0 amide bonds. The largest absolute Gasteiger partial charge is 0.478 e. The number of nitrogens with two attached hydrogens (primary N) is 1. The number of nitrogen functional groups attached to an aromatic ring is 1. The number of sulfonamides is 1. The Morgan fingerprint density at radius 1 is 1.30 bits per heavy atom. The molecule has 0 fully saturated rings. The van der Waals surface area contributed by atoms with Gasteiger partial charge in [-0.25, -0.2) is 13.2 Å². The number of benzene rings is 1. The predicted octanol–water partition coefficient (Wildman–Crippen LogP) is 1.63. The van der Waals surface area contributed by atoms with Crippen molar-refractivity contribution in [3.63, 3.8) is 0 Å². The van der Waals surface area contributed by atoms with Gasteiger partial charge in [0.05, 0.1) is 10.5 Å². The molecule has 112 valence electrons. The summed E-state index contributed by atoms with van der Waals surface area (Å²) in [4.78, 5) is 11.0. The number of aromatic carboxylic acids is 1. The van der Waals surface area contributed by atoms with Crippen LogP contribution in [0.2, 0.25) is 0 Å². The fourth-order valence-corrected chi connectivity index (χ4v) is 3.39. The lowest BCUT2D eigenvalue weighted by atomic mass is 10.1. The second-order valence-electron chi connectivity index (χ2n) is 5.07. The Kier molecular flexibility index (Phi) is 4.77. The van der Waals surface area contributed by atoms with Crippen LogP contribution < -0.4 is 5.73 Å². The van der Waals surface area contributed by atoms with Crippen LogP contribution in [0.1, 0.15) is 31.1 Å². The molecule has 0 saturated carbocycles. The Morgan fingerprint density at radius 3 is 2.30 bits per heavy atom. The summed E-state index contributed by atoms with van der Waals surface area (Å²) >= 11 is 0. The van der Waals surface area contributed by atoms with Crippen molar-refractivity contribution in [1.82, 2.24) is 4.31 Å². The minimum absolute atomic E-state index is 0.108.